The largest absolute Gasteiger partial charge is 0.354 e. The summed E-state index contributed by atoms with van der Waals surface area (Å²) in [6, 6.07) is 15.6. The fourth-order valence-electron chi connectivity index (χ4n) is 3.49. The van der Waals surface area contributed by atoms with E-state index in [0.717, 1.165) is 16.3 Å². The normalized spacial score (nSPS) is 11.1. The van der Waals surface area contributed by atoms with Gasteiger partial charge in [-0.25, -0.2) is 4.39 Å². The minimum atomic E-state index is -0.321. The molecule has 0 aliphatic heterocycles. The van der Waals surface area contributed by atoms with Gasteiger partial charge in [0, 0.05) is 40.0 Å². The van der Waals surface area contributed by atoms with Gasteiger partial charge in [0.25, 0.3) is 0 Å². The van der Waals surface area contributed by atoms with Crippen LogP contribution in [0.25, 0.3) is 32.9 Å². The van der Waals surface area contributed by atoms with E-state index in [1.165, 1.54) is 19.9 Å². The number of carbonyl (C=O) groups is 2. The van der Waals surface area contributed by atoms with Crippen molar-refractivity contribution in [3.05, 3.63) is 66.0 Å². The lowest BCUT2D eigenvalue weighted by molar-refractivity contribution is -0.114. The van der Waals surface area contributed by atoms with Crippen LogP contribution in [0.5, 0.6) is 0 Å². The lowest BCUT2D eigenvalue weighted by Crippen LogP contribution is -2.05. The number of ketones is 1. The maximum absolute atomic E-state index is 14.5. The summed E-state index contributed by atoms with van der Waals surface area (Å²) < 4.78 is 14.5. The van der Waals surface area contributed by atoms with E-state index in [1.807, 2.05) is 12.1 Å². The molecule has 0 unspecified atom stereocenters. The molecule has 1 aromatic heterocycles. The van der Waals surface area contributed by atoms with Crippen LogP contribution in [0.4, 0.5) is 10.1 Å². The third-order valence-corrected chi connectivity index (χ3v) is 4.62. The number of hydrogen-bond acceptors (Lipinski definition) is 2. The number of carbonyl (C=O) groups excluding carboxylic acids is 2. The average molecular weight is 360 g/mol. The Morgan fingerprint density at radius 1 is 0.963 bits per heavy atom. The van der Waals surface area contributed by atoms with Crippen LogP contribution in [0.1, 0.15) is 24.2 Å². The molecular weight excluding hydrogens is 343 g/mol. The molecule has 0 aliphatic rings. The van der Waals surface area contributed by atoms with Crippen LogP contribution in [0, 0.1) is 5.82 Å². The molecule has 0 saturated carbocycles. The number of H-pyrrole nitrogens is 1. The van der Waals surface area contributed by atoms with Gasteiger partial charge < -0.3 is 10.3 Å². The molecule has 0 aliphatic carbocycles. The van der Waals surface area contributed by atoms with Crippen molar-refractivity contribution < 1.29 is 14.0 Å². The second kappa shape index (κ2) is 6.36. The van der Waals surface area contributed by atoms with Crippen molar-refractivity contribution in [2.75, 3.05) is 5.32 Å². The number of aromatic amines is 1. The zero-order valence-electron chi connectivity index (χ0n) is 14.9. The molecule has 4 rings (SSSR count). The Bertz CT molecular complexity index is 1220. The summed E-state index contributed by atoms with van der Waals surface area (Å²) >= 11 is 0. The van der Waals surface area contributed by atoms with E-state index in [4.69, 9.17) is 0 Å². The first-order valence-corrected chi connectivity index (χ1v) is 8.57. The van der Waals surface area contributed by atoms with Crippen molar-refractivity contribution >= 4 is 39.2 Å². The number of Topliss-reactive ketones (excluding diaryl/α,β-unsaturated/α-hetero) is 1. The Kier molecular flexibility index (Phi) is 4.00. The van der Waals surface area contributed by atoms with E-state index in [2.05, 4.69) is 10.3 Å². The van der Waals surface area contributed by atoms with Crippen molar-refractivity contribution in [2.45, 2.75) is 13.8 Å². The van der Waals surface area contributed by atoms with Crippen LogP contribution in [-0.2, 0) is 4.79 Å². The lowest BCUT2D eigenvalue weighted by Gasteiger charge is -2.08. The van der Waals surface area contributed by atoms with Gasteiger partial charge in [0.05, 0.1) is 5.52 Å². The molecule has 0 fully saturated rings. The number of rotatable bonds is 3. The Morgan fingerprint density at radius 3 is 2.44 bits per heavy atom. The first kappa shape index (κ1) is 17.0. The number of fused-ring (bicyclic) bond motifs is 3. The number of anilines is 1. The Hall–Kier alpha value is -3.47. The van der Waals surface area contributed by atoms with E-state index in [0.29, 0.717) is 27.9 Å². The maximum atomic E-state index is 14.5. The number of halogens is 1. The van der Waals surface area contributed by atoms with Crippen LogP contribution in [0.2, 0.25) is 0 Å². The minimum Gasteiger partial charge on any atom is -0.354 e. The standard InChI is InChI=1S/C22H17FN2O2/c1-12(26)15-9-10-17(16-5-3-4-6-19(16)23)21-18-8-7-14(24-13(2)27)11-20(18)25-22(15)21/h3-11,25H,1-2H3,(H,24,27). The van der Waals surface area contributed by atoms with Crippen LogP contribution in [-0.4, -0.2) is 16.7 Å². The second-order valence-corrected chi connectivity index (χ2v) is 6.51. The van der Waals surface area contributed by atoms with Crippen LogP contribution < -0.4 is 5.32 Å². The van der Waals surface area contributed by atoms with Crippen LogP contribution in [0.3, 0.4) is 0 Å². The van der Waals surface area contributed by atoms with Crippen molar-refractivity contribution in [1.82, 2.24) is 4.98 Å². The highest BCUT2D eigenvalue weighted by Crippen LogP contribution is 2.38. The Labute approximate surface area is 155 Å². The third kappa shape index (κ3) is 2.87. The summed E-state index contributed by atoms with van der Waals surface area (Å²) in [4.78, 5) is 26.7. The fourth-order valence-corrected chi connectivity index (χ4v) is 3.49. The SMILES string of the molecule is CC(=O)Nc1ccc2c(c1)[nH]c1c(C(C)=O)ccc(-c3ccccc3F)c12. The summed E-state index contributed by atoms with van der Waals surface area (Å²) in [6.07, 6.45) is 0. The molecule has 134 valence electrons. The molecule has 2 N–H and O–H groups in total. The molecule has 1 amide bonds. The van der Waals surface area contributed by atoms with Gasteiger partial charge >= 0.3 is 0 Å². The van der Waals surface area contributed by atoms with Gasteiger partial charge in [-0.05, 0) is 36.8 Å². The molecule has 1 heterocycles. The molecule has 0 radical (unpaired) electrons. The fraction of sp³-hybridized carbons (Fsp3) is 0.0909. The summed E-state index contributed by atoms with van der Waals surface area (Å²) in [5, 5.41) is 4.40. The van der Waals surface area contributed by atoms with Crippen LogP contribution in [0.15, 0.2) is 54.6 Å². The number of nitrogens with one attached hydrogen (secondary N) is 2. The predicted molar refractivity (Wildman–Crippen MR) is 106 cm³/mol. The first-order valence-electron chi connectivity index (χ1n) is 8.57. The van der Waals surface area contributed by atoms with E-state index >= 15 is 0 Å². The lowest BCUT2D eigenvalue weighted by atomic mass is 9.96. The van der Waals surface area contributed by atoms with Gasteiger partial charge in [0.15, 0.2) is 5.78 Å². The summed E-state index contributed by atoms with van der Waals surface area (Å²) in [5.74, 6) is -0.561. The summed E-state index contributed by atoms with van der Waals surface area (Å²) in [6.45, 7) is 2.95. The second-order valence-electron chi connectivity index (χ2n) is 6.51. The number of hydrogen-bond donors (Lipinski definition) is 2. The number of aromatic nitrogens is 1. The Morgan fingerprint density at radius 2 is 1.74 bits per heavy atom. The van der Waals surface area contributed by atoms with Crippen LogP contribution >= 0.6 is 0 Å². The molecule has 0 saturated heterocycles. The van der Waals surface area contributed by atoms with E-state index < -0.39 is 0 Å². The molecule has 27 heavy (non-hydrogen) atoms. The van der Waals surface area contributed by atoms with Gasteiger partial charge in [-0.15, -0.1) is 0 Å². The van der Waals surface area contributed by atoms with E-state index in [-0.39, 0.29) is 17.5 Å². The molecule has 0 atom stereocenters. The van der Waals surface area contributed by atoms with Gasteiger partial charge in [0.1, 0.15) is 5.82 Å². The molecule has 4 aromatic rings. The van der Waals surface area contributed by atoms with E-state index in [1.54, 1.807) is 36.4 Å². The smallest absolute Gasteiger partial charge is 0.221 e. The molecule has 5 heteroatoms. The van der Waals surface area contributed by atoms with Gasteiger partial charge in [-0.1, -0.05) is 30.3 Å². The van der Waals surface area contributed by atoms with Crippen molar-refractivity contribution in [3.8, 4) is 11.1 Å². The molecular formula is C22H17FN2O2. The highest BCUT2D eigenvalue weighted by atomic mass is 19.1. The maximum Gasteiger partial charge on any atom is 0.221 e. The Balaban J connectivity index is 2.08. The molecule has 0 spiro atoms. The van der Waals surface area contributed by atoms with E-state index in [9.17, 15) is 14.0 Å². The number of amides is 1. The monoisotopic (exact) mass is 360 g/mol. The van der Waals surface area contributed by atoms with Gasteiger partial charge in [-0.3, -0.25) is 9.59 Å². The zero-order valence-corrected chi connectivity index (χ0v) is 14.9. The summed E-state index contributed by atoms with van der Waals surface area (Å²) in [7, 11) is 0. The number of benzene rings is 3. The third-order valence-electron chi connectivity index (χ3n) is 4.62. The highest BCUT2D eigenvalue weighted by molar-refractivity contribution is 6.20. The molecule has 4 nitrogen and oxygen atoms in total. The van der Waals surface area contributed by atoms with Crippen molar-refractivity contribution in [3.63, 3.8) is 0 Å². The van der Waals surface area contributed by atoms with Gasteiger partial charge in [-0.2, -0.15) is 0 Å². The quantitative estimate of drug-likeness (QED) is 0.488. The summed E-state index contributed by atoms with van der Waals surface area (Å²) in [5.41, 5.74) is 3.82. The highest BCUT2D eigenvalue weighted by Gasteiger charge is 2.17. The first-order chi connectivity index (χ1) is 13.0. The minimum absolute atomic E-state index is 0.0753. The topological polar surface area (TPSA) is 62.0 Å². The predicted octanol–water partition coefficient (Wildman–Crippen LogP) is 5.29. The zero-order chi connectivity index (χ0) is 19.1. The molecule has 0 bridgehead atoms. The molecule has 3 aromatic carbocycles. The average Bonchev–Trinajstić information content (AvgIpc) is 2.99. The van der Waals surface area contributed by atoms with Crippen molar-refractivity contribution in [1.29, 1.82) is 0 Å². The van der Waals surface area contributed by atoms with Crippen molar-refractivity contribution in [2.24, 2.45) is 0 Å². The van der Waals surface area contributed by atoms with Gasteiger partial charge in [0.2, 0.25) is 5.91 Å².